The van der Waals surface area contributed by atoms with Crippen molar-refractivity contribution in [2.75, 3.05) is 23.4 Å². The summed E-state index contributed by atoms with van der Waals surface area (Å²) in [5, 5.41) is 10.1. The van der Waals surface area contributed by atoms with E-state index in [1.807, 2.05) is 23.9 Å². The van der Waals surface area contributed by atoms with E-state index >= 15 is 0 Å². The normalized spacial score (nSPS) is 10.9. The predicted octanol–water partition coefficient (Wildman–Crippen LogP) is 5.45. The molecule has 0 radical (unpaired) electrons. The molecule has 0 saturated carbocycles. The van der Waals surface area contributed by atoms with Crippen LogP contribution in [0, 0.1) is 5.82 Å². The predicted molar refractivity (Wildman–Crippen MR) is 145 cm³/mol. The fraction of sp³-hybridized carbons (Fsp3) is 0.192. The second-order valence-corrected chi connectivity index (χ2v) is 9.77. The summed E-state index contributed by atoms with van der Waals surface area (Å²) in [5.41, 5.74) is 5.24. The third kappa shape index (κ3) is 8.61. The van der Waals surface area contributed by atoms with Gasteiger partial charge in [-0.15, -0.1) is 0 Å². The van der Waals surface area contributed by atoms with Gasteiger partial charge in [0.05, 0.1) is 17.5 Å². The van der Waals surface area contributed by atoms with Gasteiger partial charge in [-0.1, -0.05) is 47.1 Å². The molecule has 0 atom stereocenters. The van der Waals surface area contributed by atoms with Crippen molar-refractivity contribution in [2.24, 2.45) is 5.10 Å². The third-order valence-electron chi connectivity index (χ3n) is 4.90. The molecule has 3 aromatic rings. The van der Waals surface area contributed by atoms with Crippen LogP contribution in [-0.4, -0.2) is 36.1 Å². The molecule has 0 aromatic heterocycles. The zero-order chi connectivity index (χ0) is 25.0. The topological polar surface area (TPSA) is 82.6 Å². The zero-order valence-corrected chi connectivity index (χ0v) is 21.6. The van der Waals surface area contributed by atoms with E-state index in [9.17, 15) is 14.0 Å². The Hall–Kier alpha value is -3.01. The molecule has 3 rings (SSSR count). The first-order valence-electron chi connectivity index (χ1n) is 11.0. The number of nitrogens with zero attached hydrogens (tertiary/aromatic N) is 1. The maximum absolute atomic E-state index is 13.0. The Kier molecular flexibility index (Phi) is 10.5. The molecule has 182 valence electrons. The van der Waals surface area contributed by atoms with Gasteiger partial charge >= 0.3 is 0 Å². The van der Waals surface area contributed by atoms with Crippen LogP contribution in [0.25, 0.3) is 0 Å². The van der Waals surface area contributed by atoms with Crippen molar-refractivity contribution in [3.05, 3.63) is 99.3 Å². The van der Waals surface area contributed by atoms with Crippen LogP contribution < -0.4 is 16.1 Å². The summed E-state index contributed by atoms with van der Waals surface area (Å²) in [5.74, 6) is 1.000. The Morgan fingerprint density at radius 1 is 1.03 bits per heavy atom. The van der Waals surface area contributed by atoms with Crippen LogP contribution in [0.15, 0.2) is 76.3 Å². The number of hydrogen-bond donors (Lipinski definition) is 3. The third-order valence-corrected chi connectivity index (χ3v) is 6.29. The maximum atomic E-state index is 13.0. The fourth-order valence-electron chi connectivity index (χ4n) is 3.08. The smallest absolute Gasteiger partial charge is 0.273 e. The van der Waals surface area contributed by atoms with E-state index in [0.29, 0.717) is 21.3 Å². The lowest BCUT2D eigenvalue weighted by atomic mass is 10.1. The van der Waals surface area contributed by atoms with Crippen LogP contribution in [0.3, 0.4) is 0 Å². The molecular weight excluding hydrogens is 531 g/mol. The van der Waals surface area contributed by atoms with Gasteiger partial charge in [0.2, 0.25) is 0 Å². The van der Waals surface area contributed by atoms with Crippen LogP contribution in [0.2, 0.25) is 0 Å². The summed E-state index contributed by atoms with van der Waals surface area (Å²) in [6.07, 6.45) is 1.41. The molecular formula is C26H26BrFN4O2S. The van der Waals surface area contributed by atoms with Gasteiger partial charge in [0.1, 0.15) is 5.82 Å². The fourth-order valence-corrected chi connectivity index (χ4v) is 4.02. The first kappa shape index (κ1) is 26.6. The Balaban J connectivity index is 1.62. The van der Waals surface area contributed by atoms with Crippen molar-refractivity contribution in [3.63, 3.8) is 0 Å². The highest BCUT2D eigenvalue weighted by atomic mass is 79.9. The van der Waals surface area contributed by atoms with Crippen molar-refractivity contribution >= 4 is 51.4 Å². The summed E-state index contributed by atoms with van der Waals surface area (Å²) in [6, 6.07) is 18.0. The highest BCUT2D eigenvalue weighted by Crippen LogP contribution is 2.22. The second kappa shape index (κ2) is 13.8. The Morgan fingerprint density at radius 2 is 1.77 bits per heavy atom. The second-order valence-electron chi connectivity index (χ2n) is 7.47. The molecule has 0 bridgehead atoms. The number of halogens is 2. The number of hydrazone groups is 1. The van der Waals surface area contributed by atoms with Gasteiger partial charge in [-0.2, -0.15) is 16.9 Å². The van der Waals surface area contributed by atoms with Gasteiger partial charge in [0, 0.05) is 28.9 Å². The molecule has 0 heterocycles. The highest BCUT2D eigenvalue weighted by molar-refractivity contribution is 9.10. The first-order valence-corrected chi connectivity index (χ1v) is 13.0. The molecule has 0 fully saturated rings. The number of thioether (sulfide) groups is 1. The van der Waals surface area contributed by atoms with Gasteiger partial charge < -0.3 is 10.6 Å². The van der Waals surface area contributed by atoms with Crippen LogP contribution in [0.4, 0.5) is 10.1 Å². The molecule has 35 heavy (non-hydrogen) atoms. The Morgan fingerprint density at radius 3 is 2.49 bits per heavy atom. The van der Waals surface area contributed by atoms with Gasteiger partial charge in [-0.05, 0) is 59.3 Å². The monoisotopic (exact) mass is 556 g/mol. The van der Waals surface area contributed by atoms with Gasteiger partial charge in [0.25, 0.3) is 11.8 Å². The minimum Gasteiger partial charge on any atom is -0.321 e. The number of rotatable bonds is 11. The molecule has 3 N–H and O–H groups in total. The first-order chi connectivity index (χ1) is 17.0. The molecule has 9 heteroatoms. The summed E-state index contributed by atoms with van der Waals surface area (Å²) >= 11 is 5.25. The SMILES string of the molecule is CCSCCNCc1ccc(C(=O)Nc2ccc(Br)cc2C(=O)NN=Cc2ccc(F)cc2)cc1. The standard InChI is InChI=1S/C26H26BrFN4O2S/c1-2-35-14-13-29-16-18-3-7-20(8-4-18)25(33)31-24-12-9-21(27)15-23(24)26(34)32-30-17-19-5-10-22(28)11-6-19/h3-12,15,17,29H,2,13-14,16H2,1H3,(H,31,33)(H,32,34). The number of carbonyl (C=O) groups is 2. The van der Waals surface area contributed by atoms with Gasteiger partial charge in [-0.3, -0.25) is 9.59 Å². The average Bonchev–Trinajstić information content (AvgIpc) is 2.86. The van der Waals surface area contributed by atoms with E-state index in [1.165, 1.54) is 18.3 Å². The van der Waals surface area contributed by atoms with E-state index < -0.39 is 5.91 Å². The summed E-state index contributed by atoms with van der Waals surface area (Å²) in [7, 11) is 0. The van der Waals surface area contributed by atoms with Gasteiger partial charge in [0.15, 0.2) is 0 Å². The number of anilines is 1. The average molecular weight is 557 g/mol. The minimum absolute atomic E-state index is 0.245. The number of carbonyl (C=O) groups excluding carboxylic acids is 2. The van der Waals surface area contributed by atoms with Gasteiger partial charge in [-0.25, -0.2) is 9.82 Å². The van der Waals surface area contributed by atoms with E-state index in [2.05, 4.69) is 44.0 Å². The number of nitrogens with one attached hydrogen (secondary N) is 3. The molecule has 6 nitrogen and oxygen atoms in total. The van der Waals surface area contributed by atoms with Crippen LogP contribution in [0.1, 0.15) is 38.8 Å². The summed E-state index contributed by atoms with van der Waals surface area (Å²) < 4.78 is 13.7. The minimum atomic E-state index is -0.498. The molecule has 0 aliphatic carbocycles. The lowest BCUT2D eigenvalue weighted by Crippen LogP contribution is -2.21. The van der Waals surface area contributed by atoms with Crippen LogP contribution >= 0.6 is 27.7 Å². The molecule has 0 spiro atoms. The van der Waals surface area contributed by atoms with Crippen molar-refractivity contribution in [3.8, 4) is 0 Å². The Bertz CT molecular complexity index is 1170. The quantitative estimate of drug-likeness (QED) is 0.167. The molecule has 0 aliphatic heterocycles. The van der Waals surface area contributed by atoms with E-state index in [1.54, 1.807) is 42.5 Å². The van der Waals surface area contributed by atoms with Crippen molar-refractivity contribution in [1.82, 2.24) is 10.7 Å². The van der Waals surface area contributed by atoms with Crippen molar-refractivity contribution in [2.45, 2.75) is 13.5 Å². The summed E-state index contributed by atoms with van der Waals surface area (Å²) in [4.78, 5) is 25.5. The molecule has 0 saturated heterocycles. The van der Waals surface area contributed by atoms with E-state index in [0.717, 1.165) is 30.2 Å². The number of benzene rings is 3. The summed E-state index contributed by atoms with van der Waals surface area (Å²) in [6.45, 7) is 3.81. The molecule has 0 unspecified atom stereocenters. The van der Waals surface area contributed by atoms with Crippen LogP contribution in [0.5, 0.6) is 0 Å². The Labute approximate surface area is 216 Å². The maximum Gasteiger partial charge on any atom is 0.273 e. The van der Waals surface area contributed by atoms with Crippen LogP contribution in [-0.2, 0) is 6.54 Å². The van der Waals surface area contributed by atoms with Crippen molar-refractivity contribution < 1.29 is 14.0 Å². The zero-order valence-electron chi connectivity index (χ0n) is 19.2. The number of hydrogen-bond acceptors (Lipinski definition) is 5. The molecule has 2 amide bonds. The van der Waals surface area contributed by atoms with Crippen molar-refractivity contribution in [1.29, 1.82) is 0 Å². The molecule has 0 aliphatic rings. The highest BCUT2D eigenvalue weighted by Gasteiger charge is 2.15. The number of amides is 2. The largest absolute Gasteiger partial charge is 0.321 e. The molecule has 3 aromatic carbocycles. The lowest BCUT2D eigenvalue weighted by Gasteiger charge is -2.11. The van der Waals surface area contributed by atoms with E-state index in [-0.39, 0.29) is 17.3 Å². The lowest BCUT2D eigenvalue weighted by molar-refractivity contribution is 0.0956. The van der Waals surface area contributed by atoms with E-state index in [4.69, 9.17) is 0 Å².